The summed E-state index contributed by atoms with van der Waals surface area (Å²) in [6.45, 7) is 8.42. The normalized spacial score (nSPS) is 19.5. The van der Waals surface area contributed by atoms with Crippen LogP contribution in [0.4, 0.5) is 4.79 Å². The molecule has 0 saturated carbocycles. The van der Waals surface area contributed by atoms with Crippen LogP contribution in [-0.4, -0.2) is 62.1 Å². The predicted octanol–water partition coefficient (Wildman–Crippen LogP) is 2.29. The van der Waals surface area contributed by atoms with E-state index < -0.39 is 11.7 Å². The van der Waals surface area contributed by atoms with Crippen LogP contribution in [0, 0.1) is 16.7 Å². The lowest BCUT2D eigenvalue weighted by Crippen LogP contribution is -2.49. The number of carbonyl (C=O) groups is 2. The molecule has 158 valence electrons. The second kappa shape index (κ2) is 7.06. The molecule has 2 aliphatic heterocycles. The number of nitrogens with zero attached hydrogens (tertiary/aromatic N) is 6. The number of likely N-dealkylation sites (tertiary alicyclic amines) is 1. The van der Waals surface area contributed by atoms with Crippen LogP contribution in [0.2, 0.25) is 0 Å². The topological polar surface area (TPSA) is 104 Å². The molecular weight excluding hydrogens is 384 g/mol. The summed E-state index contributed by atoms with van der Waals surface area (Å²) >= 11 is 0. The van der Waals surface area contributed by atoms with Gasteiger partial charge in [0.15, 0.2) is 5.60 Å². The van der Waals surface area contributed by atoms with Crippen molar-refractivity contribution >= 4 is 23.0 Å². The Labute approximate surface area is 175 Å². The summed E-state index contributed by atoms with van der Waals surface area (Å²) in [5, 5.41) is 9.95. The van der Waals surface area contributed by atoms with Crippen LogP contribution < -0.4 is 0 Å². The van der Waals surface area contributed by atoms with Crippen molar-refractivity contribution in [3.63, 3.8) is 0 Å². The number of aromatic nitrogens is 3. The van der Waals surface area contributed by atoms with E-state index in [1.165, 1.54) is 4.90 Å². The van der Waals surface area contributed by atoms with E-state index in [0.29, 0.717) is 38.1 Å². The summed E-state index contributed by atoms with van der Waals surface area (Å²) < 4.78 is 7.59. The first kappa shape index (κ1) is 20.3. The van der Waals surface area contributed by atoms with Crippen LogP contribution in [0.3, 0.4) is 0 Å². The van der Waals surface area contributed by atoms with E-state index >= 15 is 0 Å². The Kier molecular flexibility index (Phi) is 4.77. The molecule has 4 heterocycles. The molecule has 4 rings (SSSR count). The number of fused-ring (bicyclic) bond motifs is 1. The van der Waals surface area contributed by atoms with Crippen molar-refractivity contribution in [2.75, 3.05) is 20.1 Å². The fourth-order valence-corrected chi connectivity index (χ4v) is 4.12. The second-order valence-electron chi connectivity index (χ2n) is 9.42. The standard InChI is InChI=1S/C21H26N6O3/c1-20(2,3)13-27-15(9-14-11-23-16(10-22)24-17(14)27)12-26-18(28)21(30-19(26)29)5-7-25(4)8-6-21/h9,11H,5-8,12-13H2,1-4H3. The number of hydrogen-bond donors (Lipinski definition) is 0. The van der Waals surface area contributed by atoms with E-state index in [2.05, 4.69) is 35.6 Å². The molecule has 0 aliphatic carbocycles. The predicted molar refractivity (Wildman–Crippen MR) is 108 cm³/mol. The molecule has 0 aromatic carbocycles. The third-order valence-corrected chi connectivity index (χ3v) is 5.71. The van der Waals surface area contributed by atoms with Gasteiger partial charge >= 0.3 is 6.09 Å². The van der Waals surface area contributed by atoms with Gasteiger partial charge in [-0.25, -0.2) is 19.7 Å². The van der Waals surface area contributed by atoms with Crippen LogP contribution >= 0.6 is 0 Å². The lowest BCUT2D eigenvalue weighted by atomic mass is 9.90. The molecule has 2 fully saturated rings. The van der Waals surface area contributed by atoms with Crippen LogP contribution in [0.1, 0.15) is 45.1 Å². The van der Waals surface area contributed by atoms with Crippen LogP contribution in [0.15, 0.2) is 12.3 Å². The minimum Gasteiger partial charge on any atom is -0.432 e. The van der Waals surface area contributed by atoms with Gasteiger partial charge in [0.1, 0.15) is 11.7 Å². The van der Waals surface area contributed by atoms with Crippen LogP contribution in [-0.2, 0) is 22.6 Å². The Bertz CT molecular complexity index is 1050. The Morgan fingerprint density at radius 3 is 2.60 bits per heavy atom. The smallest absolute Gasteiger partial charge is 0.418 e. The minimum absolute atomic E-state index is 0.0802. The van der Waals surface area contributed by atoms with Crippen molar-refractivity contribution in [3.8, 4) is 6.07 Å². The van der Waals surface area contributed by atoms with E-state index in [0.717, 1.165) is 11.1 Å². The zero-order valence-electron chi connectivity index (χ0n) is 17.8. The van der Waals surface area contributed by atoms with Gasteiger partial charge < -0.3 is 14.2 Å². The molecule has 0 N–H and O–H groups in total. The largest absolute Gasteiger partial charge is 0.432 e. The van der Waals surface area contributed by atoms with E-state index in [-0.39, 0.29) is 23.7 Å². The highest BCUT2D eigenvalue weighted by molar-refractivity contribution is 6.03. The molecule has 0 radical (unpaired) electrons. The van der Waals surface area contributed by atoms with Crippen molar-refractivity contribution in [1.82, 2.24) is 24.3 Å². The monoisotopic (exact) mass is 410 g/mol. The molecule has 0 bridgehead atoms. The van der Waals surface area contributed by atoms with Crippen LogP contribution in [0.25, 0.3) is 11.0 Å². The Morgan fingerprint density at radius 2 is 1.97 bits per heavy atom. The zero-order valence-corrected chi connectivity index (χ0v) is 17.8. The fraction of sp³-hybridized carbons (Fsp3) is 0.571. The van der Waals surface area contributed by atoms with Gasteiger partial charge in [-0.15, -0.1) is 0 Å². The van der Waals surface area contributed by atoms with Crippen LogP contribution in [0.5, 0.6) is 0 Å². The van der Waals surface area contributed by atoms with Gasteiger partial charge in [-0.3, -0.25) is 4.79 Å². The average Bonchev–Trinajstić information content (AvgIpc) is 3.13. The highest BCUT2D eigenvalue weighted by atomic mass is 16.6. The first-order valence-electron chi connectivity index (χ1n) is 10.1. The zero-order chi connectivity index (χ0) is 21.7. The van der Waals surface area contributed by atoms with Gasteiger partial charge in [0.05, 0.1) is 6.54 Å². The Morgan fingerprint density at radius 1 is 1.27 bits per heavy atom. The molecule has 2 aliphatic rings. The minimum atomic E-state index is -1.04. The summed E-state index contributed by atoms with van der Waals surface area (Å²) in [5.74, 6) is -0.179. The van der Waals surface area contributed by atoms with E-state index in [4.69, 9.17) is 4.74 Å². The van der Waals surface area contributed by atoms with E-state index in [1.54, 1.807) is 6.20 Å². The molecule has 0 unspecified atom stereocenters. The first-order chi connectivity index (χ1) is 14.1. The van der Waals surface area contributed by atoms with Crippen molar-refractivity contribution in [3.05, 3.63) is 23.8 Å². The molecule has 2 aromatic rings. The van der Waals surface area contributed by atoms with E-state index in [9.17, 15) is 14.9 Å². The number of imide groups is 1. The lowest BCUT2D eigenvalue weighted by molar-refractivity contribution is -0.140. The molecule has 2 amide bonds. The summed E-state index contributed by atoms with van der Waals surface area (Å²) in [6, 6.07) is 3.85. The number of piperidine rings is 1. The summed E-state index contributed by atoms with van der Waals surface area (Å²) in [5.41, 5.74) is 0.265. The van der Waals surface area contributed by atoms with Crippen molar-refractivity contribution in [2.24, 2.45) is 5.41 Å². The second-order valence-corrected chi connectivity index (χ2v) is 9.42. The summed E-state index contributed by atoms with van der Waals surface area (Å²) in [7, 11) is 1.99. The fourth-order valence-electron chi connectivity index (χ4n) is 4.12. The number of amides is 2. The molecule has 9 heteroatoms. The lowest BCUT2D eigenvalue weighted by Gasteiger charge is -2.33. The number of hydrogen-bond acceptors (Lipinski definition) is 7. The quantitative estimate of drug-likeness (QED) is 0.764. The van der Waals surface area contributed by atoms with E-state index in [1.807, 2.05) is 23.8 Å². The SMILES string of the molecule is CN1CCC2(CC1)OC(=O)N(Cc1cc3cnc(C#N)nc3n1CC(C)(C)C)C2=O. The molecule has 2 aromatic heterocycles. The summed E-state index contributed by atoms with van der Waals surface area (Å²) in [4.78, 5) is 37.6. The van der Waals surface area contributed by atoms with Gasteiger partial charge in [0.25, 0.3) is 5.91 Å². The highest BCUT2D eigenvalue weighted by Crippen LogP contribution is 2.35. The average molecular weight is 410 g/mol. The van der Waals surface area contributed by atoms with Crippen molar-refractivity contribution in [2.45, 2.75) is 52.3 Å². The summed E-state index contributed by atoms with van der Waals surface area (Å²) in [6.07, 6.45) is 2.02. The van der Waals surface area contributed by atoms with Crippen molar-refractivity contribution in [1.29, 1.82) is 5.26 Å². The molecule has 1 spiro atoms. The number of nitriles is 1. The Balaban J connectivity index is 1.69. The molecule has 0 atom stereocenters. The molecule has 30 heavy (non-hydrogen) atoms. The maximum Gasteiger partial charge on any atom is 0.418 e. The highest BCUT2D eigenvalue weighted by Gasteiger charge is 2.54. The van der Waals surface area contributed by atoms with Gasteiger partial charge in [-0.05, 0) is 18.5 Å². The van der Waals surface area contributed by atoms with Gasteiger partial charge in [0.2, 0.25) is 5.82 Å². The maximum absolute atomic E-state index is 13.2. The van der Waals surface area contributed by atoms with Crippen molar-refractivity contribution < 1.29 is 14.3 Å². The number of carbonyl (C=O) groups excluding carboxylic acids is 2. The van der Waals surface area contributed by atoms with Gasteiger partial charge in [-0.1, -0.05) is 20.8 Å². The third-order valence-electron chi connectivity index (χ3n) is 5.71. The molecular formula is C21H26N6O3. The third kappa shape index (κ3) is 3.52. The molecule has 2 saturated heterocycles. The van der Waals surface area contributed by atoms with Gasteiger partial charge in [-0.2, -0.15) is 5.26 Å². The Hall–Kier alpha value is -2.99. The molecule has 9 nitrogen and oxygen atoms in total. The number of rotatable bonds is 3. The maximum atomic E-state index is 13.2. The first-order valence-corrected chi connectivity index (χ1v) is 10.1. The number of ether oxygens (including phenoxy) is 1. The van der Waals surface area contributed by atoms with Gasteiger partial charge in [0, 0.05) is 49.8 Å².